The molecule has 114 valence electrons. The fraction of sp³-hybridized carbons (Fsp3) is 0.533. The summed E-state index contributed by atoms with van der Waals surface area (Å²) in [5, 5.41) is 3.59. The van der Waals surface area contributed by atoms with Crippen LogP contribution >= 0.6 is 11.8 Å². The van der Waals surface area contributed by atoms with E-state index in [0.717, 1.165) is 5.03 Å². The number of hydrogen-bond acceptors (Lipinski definition) is 4. The molecular weight excluding hydrogens is 286 g/mol. The molecule has 1 aromatic heterocycles. The summed E-state index contributed by atoms with van der Waals surface area (Å²) in [6.07, 6.45) is 4.28. The average molecular weight is 307 g/mol. The monoisotopic (exact) mass is 307 g/mol. The van der Waals surface area contributed by atoms with Crippen molar-refractivity contribution >= 4 is 23.6 Å². The van der Waals surface area contributed by atoms with Crippen molar-refractivity contribution in [1.82, 2.24) is 15.2 Å². The maximum Gasteiger partial charge on any atom is 0.256 e. The van der Waals surface area contributed by atoms with Gasteiger partial charge in [0.15, 0.2) is 0 Å². The Bertz CT molecular complexity index is 549. The van der Waals surface area contributed by atoms with E-state index in [9.17, 15) is 9.59 Å². The first-order chi connectivity index (χ1) is 10.0. The molecule has 1 saturated heterocycles. The molecule has 0 saturated carbocycles. The quantitative estimate of drug-likeness (QED) is 0.862. The number of aromatic nitrogens is 1. The number of rotatable bonds is 4. The number of hydrogen-bond donors (Lipinski definition) is 1. The van der Waals surface area contributed by atoms with Crippen LogP contribution in [0.2, 0.25) is 0 Å². The molecule has 5 nitrogen and oxygen atoms in total. The van der Waals surface area contributed by atoms with Crippen LogP contribution in [0.1, 0.15) is 30.6 Å². The number of pyridine rings is 1. The predicted octanol–water partition coefficient (Wildman–Crippen LogP) is 1.79. The molecule has 1 aliphatic heterocycles. The van der Waals surface area contributed by atoms with Crippen LogP contribution in [0, 0.1) is 5.41 Å². The topological polar surface area (TPSA) is 62.3 Å². The van der Waals surface area contributed by atoms with Gasteiger partial charge in [-0.1, -0.05) is 0 Å². The molecular formula is C15H21N3O2S. The second-order valence-electron chi connectivity index (χ2n) is 5.46. The van der Waals surface area contributed by atoms with Crippen molar-refractivity contribution in [2.75, 3.05) is 25.9 Å². The van der Waals surface area contributed by atoms with E-state index < -0.39 is 5.41 Å². The second kappa shape index (κ2) is 6.47. The number of carbonyl (C=O) groups excluding carboxylic acids is 2. The molecule has 1 atom stereocenters. The summed E-state index contributed by atoms with van der Waals surface area (Å²) in [5.74, 6) is -0.0166. The van der Waals surface area contributed by atoms with Gasteiger partial charge in [-0.2, -0.15) is 0 Å². The predicted molar refractivity (Wildman–Crippen MR) is 83.3 cm³/mol. The Morgan fingerprint density at radius 3 is 2.95 bits per heavy atom. The van der Waals surface area contributed by atoms with Crippen molar-refractivity contribution < 1.29 is 9.59 Å². The molecule has 6 heteroatoms. The molecule has 21 heavy (non-hydrogen) atoms. The highest BCUT2D eigenvalue weighted by Gasteiger charge is 2.42. The van der Waals surface area contributed by atoms with Gasteiger partial charge in [0.25, 0.3) is 5.91 Å². The summed E-state index contributed by atoms with van der Waals surface area (Å²) in [4.78, 5) is 30.7. The second-order valence-corrected chi connectivity index (χ2v) is 6.25. The number of carbonyl (C=O) groups is 2. The van der Waals surface area contributed by atoms with Crippen molar-refractivity contribution in [2.45, 2.75) is 25.3 Å². The number of amides is 2. The molecule has 0 aliphatic carbocycles. The Kier molecular flexibility index (Phi) is 4.88. The highest BCUT2D eigenvalue weighted by Crippen LogP contribution is 2.32. The number of nitrogens with one attached hydrogen (secondary N) is 1. The third-order valence-corrected chi connectivity index (χ3v) is 4.55. The number of thioether (sulfide) groups is 1. The maximum atomic E-state index is 12.6. The molecule has 0 spiro atoms. The van der Waals surface area contributed by atoms with Crippen LogP contribution in [0.3, 0.4) is 0 Å². The Balaban J connectivity index is 2.14. The third-order valence-electron chi connectivity index (χ3n) is 3.84. The number of likely N-dealkylation sites (tertiary alicyclic amines) is 1. The lowest BCUT2D eigenvalue weighted by atomic mass is 9.89. The van der Waals surface area contributed by atoms with E-state index >= 15 is 0 Å². The molecule has 2 rings (SSSR count). The summed E-state index contributed by atoms with van der Waals surface area (Å²) in [6, 6.07) is 3.56. The van der Waals surface area contributed by atoms with E-state index in [0.29, 0.717) is 31.6 Å². The van der Waals surface area contributed by atoms with Gasteiger partial charge in [-0.05, 0) is 38.7 Å². The molecule has 2 amide bonds. The fourth-order valence-corrected chi connectivity index (χ4v) is 3.12. The zero-order valence-corrected chi connectivity index (χ0v) is 13.5. The molecule has 1 unspecified atom stereocenters. The van der Waals surface area contributed by atoms with E-state index in [1.807, 2.05) is 20.1 Å². The van der Waals surface area contributed by atoms with Gasteiger partial charge in [-0.15, -0.1) is 11.8 Å². The highest BCUT2D eigenvalue weighted by atomic mass is 32.2. The van der Waals surface area contributed by atoms with Gasteiger partial charge in [0, 0.05) is 25.8 Å². The van der Waals surface area contributed by atoms with Gasteiger partial charge in [-0.3, -0.25) is 9.59 Å². The SMILES string of the molecule is CCNC(=O)C1(C)CCN(C(=O)c2cccnc2SC)C1. The van der Waals surface area contributed by atoms with E-state index in [1.165, 1.54) is 11.8 Å². The first-order valence-corrected chi connectivity index (χ1v) is 8.31. The van der Waals surface area contributed by atoms with Crippen molar-refractivity contribution in [2.24, 2.45) is 5.41 Å². The lowest BCUT2D eigenvalue weighted by Crippen LogP contribution is -2.41. The van der Waals surface area contributed by atoms with Crippen LogP contribution in [-0.2, 0) is 4.79 Å². The lowest BCUT2D eigenvalue weighted by molar-refractivity contribution is -0.129. The molecule has 1 N–H and O–H groups in total. The zero-order chi connectivity index (χ0) is 15.5. The third kappa shape index (κ3) is 3.20. The summed E-state index contributed by atoms with van der Waals surface area (Å²) >= 11 is 1.46. The van der Waals surface area contributed by atoms with Gasteiger partial charge in [0.1, 0.15) is 5.03 Å². The fourth-order valence-electron chi connectivity index (χ4n) is 2.58. The Morgan fingerprint density at radius 2 is 2.29 bits per heavy atom. The molecule has 0 radical (unpaired) electrons. The van der Waals surface area contributed by atoms with Crippen LogP contribution in [0.15, 0.2) is 23.4 Å². The minimum absolute atomic E-state index is 0.0246. The van der Waals surface area contributed by atoms with Gasteiger partial charge < -0.3 is 10.2 Å². The minimum Gasteiger partial charge on any atom is -0.356 e. The lowest BCUT2D eigenvalue weighted by Gasteiger charge is -2.23. The molecule has 1 aromatic rings. The van der Waals surface area contributed by atoms with Crippen LogP contribution in [0.25, 0.3) is 0 Å². The van der Waals surface area contributed by atoms with Crippen LogP contribution in [0.5, 0.6) is 0 Å². The summed E-state index contributed by atoms with van der Waals surface area (Å²) in [6.45, 7) is 5.50. The molecule has 0 aromatic carbocycles. The van der Waals surface area contributed by atoms with Crippen LogP contribution < -0.4 is 5.32 Å². The highest BCUT2D eigenvalue weighted by molar-refractivity contribution is 7.98. The maximum absolute atomic E-state index is 12.6. The van der Waals surface area contributed by atoms with Crippen molar-refractivity contribution in [1.29, 1.82) is 0 Å². The van der Waals surface area contributed by atoms with Gasteiger partial charge in [0.2, 0.25) is 5.91 Å². The van der Waals surface area contributed by atoms with E-state index in [4.69, 9.17) is 0 Å². The van der Waals surface area contributed by atoms with E-state index in [2.05, 4.69) is 10.3 Å². The zero-order valence-electron chi connectivity index (χ0n) is 12.7. The van der Waals surface area contributed by atoms with E-state index in [1.54, 1.807) is 23.2 Å². The summed E-state index contributed by atoms with van der Waals surface area (Å²) in [7, 11) is 0. The van der Waals surface area contributed by atoms with Crippen LogP contribution in [-0.4, -0.2) is 47.6 Å². The average Bonchev–Trinajstić information content (AvgIpc) is 2.90. The van der Waals surface area contributed by atoms with Gasteiger partial charge in [-0.25, -0.2) is 4.98 Å². The smallest absolute Gasteiger partial charge is 0.256 e. The normalized spacial score (nSPS) is 21.4. The molecule has 1 aliphatic rings. The molecule has 2 heterocycles. The van der Waals surface area contributed by atoms with Crippen LogP contribution in [0.4, 0.5) is 0 Å². The molecule has 0 bridgehead atoms. The Morgan fingerprint density at radius 1 is 1.52 bits per heavy atom. The Labute approximate surface area is 129 Å². The Hall–Kier alpha value is -1.56. The largest absolute Gasteiger partial charge is 0.356 e. The van der Waals surface area contributed by atoms with Crippen molar-refractivity contribution in [3.8, 4) is 0 Å². The first-order valence-electron chi connectivity index (χ1n) is 7.08. The minimum atomic E-state index is -0.493. The van der Waals surface area contributed by atoms with Gasteiger partial charge in [0.05, 0.1) is 11.0 Å². The standard InChI is InChI=1S/C15H21N3O2S/c1-4-16-14(20)15(2)7-9-18(10-15)13(19)11-6-5-8-17-12(11)21-3/h5-6,8H,4,7,9-10H2,1-3H3,(H,16,20). The summed E-state index contributed by atoms with van der Waals surface area (Å²) < 4.78 is 0. The van der Waals surface area contributed by atoms with E-state index in [-0.39, 0.29) is 11.8 Å². The number of nitrogens with zero attached hydrogens (tertiary/aromatic N) is 2. The van der Waals surface area contributed by atoms with Gasteiger partial charge >= 0.3 is 0 Å². The summed E-state index contributed by atoms with van der Waals surface area (Å²) in [5.41, 5.74) is 0.123. The first kappa shape index (κ1) is 15.8. The van der Waals surface area contributed by atoms with Crippen molar-refractivity contribution in [3.63, 3.8) is 0 Å². The van der Waals surface area contributed by atoms with Crippen molar-refractivity contribution in [3.05, 3.63) is 23.9 Å². The molecule has 1 fully saturated rings.